The van der Waals surface area contributed by atoms with Gasteiger partial charge in [-0.3, -0.25) is 15.5 Å². The van der Waals surface area contributed by atoms with Crippen molar-refractivity contribution in [3.63, 3.8) is 0 Å². The largest absolute Gasteiger partial charge is 0.382 e. The number of benzene rings is 1. The molecule has 2 aliphatic rings. The van der Waals surface area contributed by atoms with Gasteiger partial charge in [0.1, 0.15) is 23.2 Å². The minimum Gasteiger partial charge on any atom is -0.382 e. The highest BCUT2D eigenvalue weighted by atomic mass is 35.5. The maximum absolute atomic E-state index is 13.9. The van der Waals surface area contributed by atoms with Gasteiger partial charge in [-0.2, -0.15) is 5.10 Å². The summed E-state index contributed by atoms with van der Waals surface area (Å²) >= 11 is 12.4. The molecule has 2 aliphatic heterocycles. The predicted molar refractivity (Wildman–Crippen MR) is 115 cm³/mol. The first-order valence-corrected chi connectivity index (χ1v) is 10.3. The van der Waals surface area contributed by atoms with Gasteiger partial charge in [0.25, 0.3) is 0 Å². The first-order chi connectivity index (χ1) is 14.4. The summed E-state index contributed by atoms with van der Waals surface area (Å²) in [5, 5.41) is 19.2. The molecule has 1 atom stereocenters. The molecule has 8 nitrogen and oxygen atoms in total. The monoisotopic (exact) mass is 450 g/mol. The minimum absolute atomic E-state index is 0.0261. The fourth-order valence-corrected chi connectivity index (χ4v) is 4.05. The van der Waals surface area contributed by atoms with Gasteiger partial charge in [0.2, 0.25) is 0 Å². The lowest BCUT2D eigenvalue weighted by Crippen LogP contribution is -2.38. The van der Waals surface area contributed by atoms with E-state index in [1.807, 2.05) is 4.90 Å². The van der Waals surface area contributed by atoms with Gasteiger partial charge in [-0.15, -0.1) is 0 Å². The van der Waals surface area contributed by atoms with Crippen LogP contribution in [-0.4, -0.2) is 57.8 Å². The highest BCUT2D eigenvalue weighted by molar-refractivity contribution is 6.36. The Morgan fingerprint density at radius 3 is 3.00 bits per heavy atom. The molecule has 0 bridgehead atoms. The lowest BCUT2D eigenvalue weighted by molar-refractivity contribution is 0.352. The summed E-state index contributed by atoms with van der Waals surface area (Å²) in [4.78, 5) is 10.6. The maximum Gasteiger partial charge on any atom is 0.199 e. The number of rotatable bonds is 5. The lowest BCUT2D eigenvalue weighted by Gasteiger charge is -2.30. The van der Waals surface area contributed by atoms with Crippen molar-refractivity contribution in [3.8, 4) is 0 Å². The molecular weight excluding hydrogens is 430 g/mol. The summed E-state index contributed by atoms with van der Waals surface area (Å²) < 4.78 is 13.9. The number of aliphatic imine (C=N–C) groups is 1. The van der Waals surface area contributed by atoms with Crippen LogP contribution < -0.4 is 11.1 Å². The highest BCUT2D eigenvalue weighted by Gasteiger charge is 2.24. The molecule has 5 N–H and O–H groups in total. The SMILES string of the molecule is N=C(/C=C1\C(N)=NCCN1Cc1c(Cl)ccc(F)c1Cl)c1n[nH]c(C2CCNC2)n1. The number of halogens is 3. The molecule has 0 radical (unpaired) electrons. The topological polar surface area (TPSA) is 119 Å². The van der Waals surface area contributed by atoms with Gasteiger partial charge in [0.05, 0.1) is 17.3 Å². The standard InChI is InChI=1S/C19H21Cl2FN8/c20-12-1-2-13(22)16(21)11(12)9-30-6-5-26-17(24)15(30)7-14(23)19-27-18(28-29-19)10-3-4-25-8-10/h1-2,7,10,23,25H,3-6,8-9H2,(H2,24,26)(H,27,28,29)/b15-7+,23-14?. The second-order valence-corrected chi connectivity index (χ2v) is 7.97. The van der Waals surface area contributed by atoms with E-state index in [9.17, 15) is 4.39 Å². The van der Waals surface area contributed by atoms with E-state index in [4.69, 9.17) is 34.3 Å². The zero-order valence-corrected chi connectivity index (χ0v) is 17.6. The van der Waals surface area contributed by atoms with E-state index in [0.717, 1.165) is 25.3 Å². The first kappa shape index (κ1) is 20.8. The Balaban J connectivity index is 1.59. The summed E-state index contributed by atoms with van der Waals surface area (Å²) in [6.07, 6.45) is 2.55. The quantitative estimate of drug-likeness (QED) is 0.411. The number of hydrogen-bond acceptors (Lipinski definition) is 7. The number of nitrogens with zero attached hydrogens (tertiary/aromatic N) is 4. The van der Waals surface area contributed by atoms with Gasteiger partial charge < -0.3 is 16.0 Å². The molecule has 1 unspecified atom stereocenters. The molecule has 0 amide bonds. The van der Waals surface area contributed by atoms with Crippen LogP contribution in [0, 0.1) is 11.2 Å². The Morgan fingerprint density at radius 2 is 2.23 bits per heavy atom. The number of H-pyrrole nitrogens is 1. The molecule has 2 aromatic rings. The average molecular weight is 451 g/mol. The number of aromatic nitrogens is 3. The van der Waals surface area contributed by atoms with Crippen LogP contribution in [0.15, 0.2) is 28.9 Å². The lowest BCUT2D eigenvalue weighted by atomic mass is 10.1. The normalized spacial score (nSPS) is 20.6. The van der Waals surface area contributed by atoms with Crippen molar-refractivity contribution in [2.45, 2.75) is 18.9 Å². The molecule has 0 saturated carbocycles. The zero-order chi connectivity index (χ0) is 21.3. The van der Waals surface area contributed by atoms with Crippen LogP contribution in [0.25, 0.3) is 0 Å². The van der Waals surface area contributed by atoms with Crippen molar-refractivity contribution in [2.24, 2.45) is 10.7 Å². The Morgan fingerprint density at radius 1 is 1.40 bits per heavy atom. The van der Waals surface area contributed by atoms with E-state index < -0.39 is 5.82 Å². The molecular formula is C19H21Cl2FN8. The van der Waals surface area contributed by atoms with Crippen LogP contribution in [0.1, 0.15) is 29.6 Å². The van der Waals surface area contributed by atoms with Crippen LogP contribution >= 0.6 is 23.2 Å². The van der Waals surface area contributed by atoms with Crippen LogP contribution in [-0.2, 0) is 6.54 Å². The highest BCUT2D eigenvalue weighted by Crippen LogP contribution is 2.30. The van der Waals surface area contributed by atoms with Gasteiger partial charge >= 0.3 is 0 Å². The van der Waals surface area contributed by atoms with Gasteiger partial charge in [0.15, 0.2) is 5.82 Å². The molecule has 3 heterocycles. The molecule has 11 heteroatoms. The van der Waals surface area contributed by atoms with Crippen molar-refractivity contribution in [2.75, 3.05) is 26.2 Å². The van der Waals surface area contributed by atoms with E-state index in [2.05, 4.69) is 25.5 Å². The number of hydrogen-bond donors (Lipinski definition) is 4. The number of amidine groups is 1. The molecule has 1 aromatic carbocycles. The average Bonchev–Trinajstić information content (AvgIpc) is 3.42. The van der Waals surface area contributed by atoms with Crippen LogP contribution in [0.5, 0.6) is 0 Å². The molecule has 1 fully saturated rings. The summed E-state index contributed by atoms with van der Waals surface area (Å²) in [5.41, 5.74) is 7.19. The van der Waals surface area contributed by atoms with Crippen molar-refractivity contribution < 1.29 is 4.39 Å². The third-order valence-corrected chi connectivity index (χ3v) is 5.98. The fourth-order valence-electron chi connectivity index (χ4n) is 3.56. The Hall–Kier alpha value is -2.49. The molecule has 1 aromatic heterocycles. The van der Waals surface area contributed by atoms with Crippen LogP contribution in [0.3, 0.4) is 0 Å². The molecule has 0 aliphatic carbocycles. The van der Waals surface area contributed by atoms with Gasteiger partial charge in [-0.25, -0.2) is 9.37 Å². The summed E-state index contributed by atoms with van der Waals surface area (Å²) in [6, 6.07) is 2.70. The van der Waals surface area contributed by atoms with E-state index in [0.29, 0.717) is 29.4 Å². The number of aromatic amines is 1. The fraction of sp³-hybridized carbons (Fsp3) is 0.368. The number of nitrogens with two attached hydrogens (primary N) is 1. The maximum atomic E-state index is 13.9. The number of nitrogens with one attached hydrogen (secondary N) is 3. The third kappa shape index (κ3) is 4.19. The van der Waals surface area contributed by atoms with Crippen LogP contribution in [0.2, 0.25) is 10.0 Å². The Labute approximate surface area is 182 Å². The number of allylic oxidation sites excluding steroid dienone is 1. The minimum atomic E-state index is -0.539. The predicted octanol–water partition coefficient (Wildman–Crippen LogP) is 2.45. The van der Waals surface area contributed by atoms with E-state index in [-0.39, 0.29) is 34.9 Å². The van der Waals surface area contributed by atoms with Crippen molar-refractivity contribution in [1.82, 2.24) is 25.4 Å². The molecule has 0 spiro atoms. The molecule has 4 rings (SSSR count). The van der Waals surface area contributed by atoms with Gasteiger partial charge in [-0.05, 0) is 31.2 Å². The van der Waals surface area contributed by atoms with Crippen molar-refractivity contribution in [1.29, 1.82) is 5.41 Å². The van der Waals surface area contributed by atoms with Gasteiger partial charge in [0, 0.05) is 36.1 Å². The second kappa shape index (κ2) is 8.71. The van der Waals surface area contributed by atoms with Crippen molar-refractivity contribution in [3.05, 3.63) is 57.0 Å². The van der Waals surface area contributed by atoms with Crippen LogP contribution in [0.4, 0.5) is 4.39 Å². The van der Waals surface area contributed by atoms with Gasteiger partial charge in [-0.1, -0.05) is 23.2 Å². The summed E-state index contributed by atoms with van der Waals surface area (Å²) in [6.45, 7) is 3.01. The van der Waals surface area contributed by atoms with E-state index >= 15 is 0 Å². The Bertz CT molecular complexity index is 1030. The van der Waals surface area contributed by atoms with Crippen molar-refractivity contribution >= 4 is 34.7 Å². The smallest absolute Gasteiger partial charge is 0.199 e. The second-order valence-electron chi connectivity index (χ2n) is 7.19. The van der Waals surface area contributed by atoms with E-state index in [1.165, 1.54) is 12.1 Å². The zero-order valence-electron chi connectivity index (χ0n) is 16.1. The molecule has 158 valence electrons. The third-order valence-electron chi connectivity index (χ3n) is 5.21. The summed E-state index contributed by atoms with van der Waals surface area (Å²) in [7, 11) is 0. The first-order valence-electron chi connectivity index (χ1n) is 9.55. The Kier molecular flexibility index (Phi) is 6.03. The summed E-state index contributed by atoms with van der Waals surface area (Å²) in [5.74, 6) is 1.05. The molecule has 1 saturated heterocycles. The van der Waals surface area contributed by atoms with E-state index in [1.54, 1.807) is 6.08 Å². The molecule has 30 heavy (non-hydrogen) atoms.